The van der Waals surface area contributed by atoms with Gasteiger partial charge in [0.2, 0.25) is 0 Å². The second kappa shape index (κ2) is 10.2. The second-order valence-electron chi connectivity index (χ2n) is 2.34. The third kappa shape index (κ3) is 11.1. The Bertz CT molecular complexity index is 148. The van der Waals surface area contributed by atoms with Crippen molar-refractivity contribution < 1.29 is 61.3 Å². The number of carbonyl (C=O) groups is 1. The third-order valence-electron chi connectivity index (χ3n) is 1.27. The fourth-order valence-corrected chi connectivity index (χ4v) is 0.905. The van der Waals surface area contributed by atoms with Gasteiger partial charge in [-0.05, 0) is 12.5 Å². The van der Waals surface area contributed by atoms with Gasteiger partial charge in [0, 0.05) is 0 Å². The van der Waals surface area contributed by atoms with E-state index in [2.05, 4.69) is 6.92 Å². The summed E-state index contributed by atoms with van der Waals surface area (Å²) in [6.45, 7) is 2.06. The van der Waals surface area contributed by atoms with E-state index < -0.39 is 5.97 Å². The van der Waals surface area contributed by atoms with E-state index in [-0.39, 0.29) is 56.8 Å². The van der Waals surface area contributed by atoms with E-state index in [1.54, 1.807) is 0 Å². The molecule has 2 nitrogen and oxygen atoms in total. The standard InChI is InChI=1S/C8H13ClO2.K/c1-2-3-4-7(9)5-6-8(10)11;/h5-7H,2-4H2,1H3,(H,10,11);/q;+1/p-1/b6-5+;. The number of alkyl halides is 1. The minimum absolute atomic E-state index is 0. The molecule has 0 rings (SSSR count). The number of hydrogen-bond donors (Lipinski definition) is 0. The molecule has 1 atom stereocenters. The molecule has 0 N–H and O–H groups in total. The van der Waals surface area contributed by atoms with E-state index in [0.29, 0.717) is 0 Å². The summed E-state index contributed by atoms with van der Waals surface area (Å²) in [4.78, 5) is 9.92. The van der Waals surface area contributed by atoms with Gasteiger partial charge in [0.15, 0.2) is 0 Å². The van der Waals surface area contributed by atoms with Gasteiger partial charge < -0.3 is 9.90 Å². The molecule has 0 radical (unpaired) electrons. The molecule has 64 valence electrons. The molecule has 0 aromatic rings. The fourth-order valence-electron chi connectivity index (χ4n) is 0.678. The van der Waals surface area contributed by atoms with E-state index in [4.69, 9.17) is 11.6 Å². The van der Waals surface area contributed by atoms with Gasteiger partial charge in [0.05, 0.1) is 11.3 Å². The van der Waals surface area contributed by atoms with Crippen LogP contribution in [0.4, 0.5) is 0 Å². The molecule has 0 aromatic carbocycles. The predicted octanol–water partition coefficient (Wildman–Crippen LogP) is -1.91. The van der Waals surface area contributed by atoms with Gasteiger partial charge in [-0.1, -0.05) is 25.8 Å². The Morgan fingerprint density at radius 3 is 2.67 bits per heavy atom. The van der Waals surface area contributed by atoms with Crippen molar-refractivity contribution in [1.82, 2.24) is 0 Å². The summed E-state index contributed by atoms with van der Waals surface area (Å²) in [6, 6.07) is 0. The number of allylic oxidation sites excluding steroid dienone is 1. The van der Waals surface area contributed by atoms with E-state index in [9.17, 15) is 9.90 Å². The monoisotopic (exact) mass is 214 g/mol. The second-order valence-corrected chi connectivity index (χ2v) is 2.90. The summed E-state index contributed by atoms with van der Waals surface area (Å²) >= 11 is 5.73. The van der Waals surface area contributed by atoms with Crippen LogP contribution in [0.5, 0.6) is 0 Å². The fraction of sp³-hybridized carbons (Fsp3) is 0.625. The molecule has 12 heavy (non-hydrogen) atoms. The molecule has 1 unspecified atom stereocenters. The number of hydrogen-bond acceptors (Lipinski definition) is 2. The number of carbonyl (C=O) groups excluding carboxylic acids is 1. The van der Waals surface area contributed by atoms with E-state index >= 15 is 0 Å². The van der Waals surface area contributed by atoms with Crippen molar-refractivity contribution in [1.29, 1.82) is 0 Å². The molecule has 4 heteroatoms. The van der Waals surface area contributed by atoms with Crippen molar-refractivity contribution in [2.24, 2.45) is 0 Å². The number of carboxylic acid groups (broad SMARTS) is 1. The minimum atomic E-state index is -1.19. The maximum absolute atomic E-state index is 9.92. The van der Waals surface area contributed by atoms with Crippen LogP contribution in [0, 0.1) is 0 Å². The number of rotatable bonds is 5. The zero-order valence-electron chi connectivity index (χ0n) is 7.55. The van der Waals surface area contributed by atoms with E-state index in [0.717, 1.165) is 25.3 Å². The summed E-state index contributed by atoms with van der Waals surface area (Å²) < 4.78 is 0. The molecule has 0 heterocycles. The van der Waals surface area contributed by atoms with E-state index in [1.165, 1.54) is 6.08 Å². The van der Waals surface area contributed by atoms with Crippen molar-refractivity contribution in [2.45, 2.75) is 31.6 Å². The molecule has 0 aliphatic heterocycles. The summed E-state index contributed by atoms with van der Waals surface area (Å²) in [5.74, 6) is -1.19. The van der Waals surface area contributed by atoms with Crippen LogP contribution in [0.2, 0.25) is 0 Å². The number of unbranched alkanes of at least 4 members (excludes halogenated alkanes) is 1. The van der Waals surface area contributed by atoms with Crippen molar-refractivity contribution in [3.05, 3.63) is 12.2 Å². The van der Waals surface area contributed by atoms with Gasteiger partial charge in [0.1, 0.15) is 0 Å². The van der Waals surface area contributed by atoms with Crippen molar-refractivity contribution in [2.75, 3.05) is 0 Å². The van der Waals surface area contributed by atoms with Gasteiger partial charge in [0.25, 0.3) is 0 Å². The average molecular weight is 215 g/mol. The Labute approximate surface area is 121 Å². The molecule has 0 bridgehead atoms. The first-order valence-electron chi connectivity index (χ1n) is 3.70. The Kier molecular flexibility index (Phi) is 13.3. The van der Waals surface area contributed by atoms with Gasteiger partial charge in [-0.3, -0.25) is 0 Å². The molecule has 0 aromatic heterocycles. The molecule has 0 aliphatic rings. The minimum Gasteiger partial charge on any atom is -0.545 e. The first-order chi connectivity index (χ1) is 5.16. The third-order valence-corrected chi connectivity index (χ3v) is 1.64. The maximum Gasteiger partial charge on any atom is 1.00 e. The molecule has 0 amide bonds. The molecule has 0 aliphatic carbocycles. The van der Waals surface area contributed by atoms with Crippen molar-refractivity contribution in [3.8, 4) is 0 Å². The summed E-state index contributed by atoms with van der Waals surface area (Å²) in [5, 5.41) is 9.75. The Balaban J connectivity index is 0. The van der Waals surface area contributed by atoms with Crippen LogP contribution in [0.1, 0.15) is 26.2 Å². The molecule has 0 spiro atoms. The van der Waals surface area contributed by atoms with Crippen LogP contribution in [0.15, 0.2) is 12.2 Å². The summed E-state index contributed by atoms with van der Waals surface area (Å²) in [5.41, 5.74) is 0. The largest absolute Gasteiger partial charge is 1.00 e. The Hall–Kier alpha value is 1.14. The normalized spacial score (nSPS) is 12.5. The van der Waals surface area contributed by atoms with Crippen LogP contribution in [-0.2, 0) is 4.79 Å². The van der Waals surface area contributed by atoms with Gasteiger partial charge in [-0.25, -0.2) is 0 Å². The molecular formula is C8H12ClKO2. The van der Waals surface area contributed by atoms with Gasteiger partial charge in [-0.2, -0.15) is 0 Å². The van der Waals surface area contributed by atoms with Crippen LogP contribution < -0.4 is 56.5 Å². The van der Waals surface area contributed by atoms with E-state index in [1.807, 2.05) is 0 Å². The van der Waals surface area contributed by atoms with Crippen LogP contribution in [0.25, 0.3) is 0 Å². The zero-order chi connectivity index (χ0) is 8.69. The predicted molar refractivity (Wildman–Crippen MR) is 43.3 cm³/mol. The average Bonchev–Trinajstić information content (AvgIpc) is 1.97. The van der Waals surface area contributed by atoms with Crippen LogP contribution in [-0.4, -0.2) is 11.3 Å². The number of carboxylic acids is 1. The number of aliphatic carboxylic acids is 1. The maximum atomic E-state index is 9.92. The van der Waals surface area contributed by atoms with Crippen LogP contribution in [0.3, 0.4) is 0 Å². The molecular weight excluding hydrogens is 203 g/mol. The smallest absolute Gasteiger partial charge is 0.545 e. The van der Waals surface area contributed by atoms with Crippen LogP contribution >= 0.6 is 11.6 Å². The summed E-state index contributed by atoms with van der Waals surface area (Å²) in [7, 11) is 0. The first-order valence-corrected chi connectivity index (χ1v) is 4.13. The van der Waals surface area contributed by atoms with Crippen molar-refractivity contribution >= 4 is 17.6 Å². The number of halogens is 1. The first kappa shape index (κ1) is 15.6. The summed E-state index contributed by atoms with van der Waals surface area (Å²) in [6.07, 6.45) is 5.34. The quantitative estimate of drug-likeness (QED) is 0.305. The van der Waals surface area contributed by atoms with Crippen molar-refractivity contribution in [3.63, 3.8) is 0 Å². The molecule has 0 saturated heterocycles. The topological polar surface area (TPSA) is 40.1 Å². The Morgan fingerprint density at radius 2 is 2.25 bits per heavy atom. The Morgan fingerprint density at radius 1 is 1.67 bits per heavy atom. The molecule has 0 fully saturated rings. The molecule has 0 saturated carbocycles. The zero-order valence-corrected chi connectivity index (χ0v) is 11.4. The van der Waals surface area contributed by atoms with Gasteiger partial charge >= 0.3 is 51.4 Å². The van der Waals surface area contributed by atoms with Gasteiger partial charge in [-0.15, -0.1) is 11.6 Å². The SMILES string of the molecule is CCCCC(Cl)/C=C/C(=O)[O-].[K+].